The monoisotopic (exact) mass is 351 g/mol. The minimum atomic E-state index is 0.143. The van der Waals surface area contributed by atoms with E-state index in [1.165, 1.54) is 48.1 Å². The van der Waals surface area contributed by atoms with Crippen LogP contribution in [0.25, 0.3) is 11.1 Å². The number of halogens is 2. The molecule has 2 aliphatic rings. The van der Waals surface area contributed by atoms with E-state index in [1.807, 2.05) is 36.1 Å². The van der Waals surface area contributed by atoms with Crippen molar-refractivity contribution in [3.8, 4) is 11.1 Å². The third-order valence-electron chi connectivity index (χ3n) is 4.61. The van der Waals surface area contributed by atoms with Crippen molar-refractivity contribution in [1.82, 2.24) is 0 Å². The number of benzene rings is 1. The SMILES string of the molecule is Clc1ccc(-c2csc(C3CCCCC3)c2C2[CH]O2)c(Cl)c1. The highest BCUT2D eigenvalue weighted by Gasteiger charge is 2.35. The van der Waals surface area contributed by atoms with Crippen molar-refractivity contribution in [3.05, 3.63) is 50.7 Å². The fourth-order valence-electron chi connectivity index (χ4n) is 3.45. The van der Waals surface area contributed by atoms with E-state index in [0.717, 1.165) is 5.56 Å². The van der Waals surface area contributed by atoms with Gasteiger partial charge in [0.1, 0.15) is 12.7 Å². The molecule has 1 unspecified atom stereocenters. The Labute approximate surface area is 145 Å². The molecule has 1 aliphatic heterocycles. The first kappa shape index (κ1) is 15.0. The molecule has 0 spiro atoms. The normalized spacial score (nSPS) is 22.0. The predicted molar refractivity (Wildman–Crippen MR) is 93.7 cm³/mol. The lowest BCUT2D eigenvalue weighted by Gasteiger charge is -2.22. The highest BCUT2D eigenvalue weighted by molar-refractivity contribution is 7.10. The molecule has 1 atom stereocenters. The average molecular weight is 352 g/mol. The summed E-state index contributed by atoms with van der Waals surface area (Å²) in [4.78, 5) is 1.50. The quantitative estimate of drug-likeness (QED) is 0.542. The topological polar surface area (TPSA) is 12.5 Å². The van der Waals surface area contributed by atoms with E-state index in [9.17, 15) is 0 Å². The summed E-state index contributed by atoms with van der Waals surface area (Å²) in [6.45, 7) is 1.92. The Hall–Kier alpha value is -0.540. The van der Waals surface area contributed by atoms with Gasteiger partial charge in [0, 0.05) is 31.6 Å². The Morgan fingerprint density at radius 2 is 1.82 bits per heavy atom. The number of hydrogen-bond donors (Lipinski definition) is 0. The van der Waals surface area contributed by atoms with E-state index >= 15 is 0 Å². The van der Waals surface area contributed by atoms with Crippen LogP contribution < -0.4 is 0 Å². The van der Waals surface area contributed by atoms with Crippen molar-refractivity contribution >= 4 is 34.5 Å². The van der Waals surface area contributed by atoms with Crippen LogP contribution >= 0.6 is 34.5 Å². The molecule has 115 valence electrons. The summed E-state index contributed by atoms with van der Waals surface area (Å²) >= 11 is 14.3. The van der Waals surface area contributed by atoms with Gasteiger partial charge >= 0.3 is 0 Å². The zero-order chi connectivity index (χ0) is 15.1. The van der Waals surface area contributed by atoms with Crippen molar-refractivity contribution in [1.29, 1.82) is 0 Å². The van der Waals surface area contributed by atoms with Crippen LogP contribution in [0.2, 0.25) is 10.0 Å². The summed E-state index contributed by atoms with van der Waals surface area (Å²) in [7, 11) is 0. The minimum Gasteiger partial charge on any atom is -0.361 e. The highest BCUT2D eigenvalue weighted by Crippen LogP contribution is 2.51. The number of epoxide rings is 1. The molecule has 22 heavy (non-hydrogen) atoms. The predicted octanol–water partition coefficient (Wildman–Crippen LogP) is 7.00. The first-order valence-corrected chi connectivity index (χ1v) is 9.43. The van der Waals surface area contributed by atoms with Gasteiger partial charge in [-0.3, -0.25) is 0 Å². The van der Waals surface area contributed by atoms with Gasteiger partial charge < -0.3 is 4.74 Å². The van der Waals surface area contributed by atoms with Crippen molar-refractivity contribution in [2.24, 2.45) is 0 Å². The van der Waals surface area contributed by atoms with E-state index in [0.29, 0.717) is 16.0 Å². The molecule has 2 heterocycles. The first-order chi connectivity index (χ1) is 10.7. The van der Waals surface area contributed by atoms with E-state index in [-0.39, 0.29) is 6.10 Å². The molecule has 0 N–H and O–H groups in total. The second-order valence-corrected chi connectivity index (χ2v) is 7.83. The molecule has 4 rings (SSSR count). The maximum atomic E-state index is 6.43. The van der Waals surface area contributed by atoms with Crippen molar-refractivity contribution in [3.63, 3.8) is 0 Å². The molecule has 1 aromatic carbocycles. The average Bonchev–Trinajstić information content (AvgIpc) is 3.27. The van der Waals surface area contributed by atoms with Crippen LogP contribution in [0.15, 0.2) is 23.6 Å². The van der Waals surface area contributed by atoms with E-state index in [4.69, 9.17) is 27.9 Å². The molecular weight excluding hydrogens is 335 g/mol. The van der Waals surface area contributed by atoms with Crippen LogP contribution in [0.4, 0.5) is 0 Å². The lowest BCUT2D eigenvalue weighted by atomic mass is 9.85. The van der Waals surface area contributed by atoms with Gasteiger partial charge in [-0.25, -0.2) is 0 Å². The molecule has 1 saturated carbocycles. The molecule has 2 fully saturated rings. The molecule has 2 aromatic rings. The Kier molecular flexibility index (Phi) is 4.21. The second-order valence-electron chi connectivity index (χ2n) is 6.08. The van der Waals surface area contributed by atoms with Crippen molar-refractivity contribution in [2.75, 3.05) is 0 Å². The van der Waals surface area contributed by atoms with Crippen LogP contribution in [0.1, 0.15) is 54.6 Å². The molecule has 0 bridgehead atoms. The summed E-state index contributed by atoms with van der Waals surface area (Å²) in [5.41, 5.74) is 3.61. The molecule has 1 aliphatic carbocycles. The standard InChI is InChI=1S/C18H17Cl2OS/c19-12-6-7-13(15(20)8-12)14-10-22-18(17(14)16-9-21-16)11-4-2-1-3-5-11/h6-11,16H,1-5H2. The molecule has 0 amide bonds. The lowest BCUT2D eigenvalue weighted by Crippen LogP contribution is -2.05. The van der Waals surface area contributed by atoms with Crippen molar-refractivity contribution < 1.29 is 4.74 Å². The van der Waals surface area contributed by atoms with Crippen LogP contribution in [-0.4, -0.2) is 0 Å². The maximum absolute atomic E-state index is 6.43. The smallest absolute Gasteiger partial charge is 0.118 e. The summed E-state index contributed by atoms with van der Waals surface area (Å²) in [5, 5.41) is 3.62. The maximum Gasteiger partial charge on any atom is 0.118 e. The third kappa shape index (κ3) is 2.82. The van der Waals surface area contributed by atoms with E-state index in [2.05, 4.69) is 5.38 Å². The van der Waals surface area contributed by atoms with Crippen molar-refractivity contribution in [2.45, 2.75) is 44.1 Å². The van der Waals surface area contributed by atoms with Crippen LogP contribution in [-0.2, 0) is 4.74 Å². The fraction of sp³-hybridized carbons (Fsp3) is 0.389. The van der Waals surface area contributed by atoms with Gasteiger partial charge in [0.25, 0.3) is 0 Å². The Bertz CT molecular complexity index is 684. The number of hydrogen-bond acceptors (Lipinski definition) is 2. The van der Waals surface area contributed by atoms with Gasteiger partial charge in [-0.2, -0.15) is 0 Å². The zero-order valence-corrected chi connectivity index (χ0v) is 14.5. The number of rotatable bonds is 3. The fourth-order valence-corrected chi connectivity index (χ4v) is 5.24. The van der Waals surface area contributed by atoms with Gasteiger partial charge in [-0.15, -0.1) is 11.3 Å². The Morgan fingerprint density at radius 3 is 2.50 bits per heavy atom. The summed E-state index contributed by atoms with van der Waals surface area (Å²) < 4.78 is 5.52. The largest absolute Gasteiger partial charge is 0.361 e. The van der Waals surface area contributed by atoms with Gasteiger partial charge in [-0.1, -0.05) is 48.5 Å². The molecule has 1 radical (unpaired) electrons. The Morgan fingerprint density at radius 1 is 1.05 bits per heavy atom. The molecule has 1 aromatic heterocycles. The molecule has 1 saturated heterocycles. The molecule has 4 heteroatoms. The first-order valence-electron chi connectivity index (χ1n) is 7.79. The second kappa shape index (κ2) is 6.16. The van der Waals surface area contributed by atoms with E-state index in [1.54, 1.807) is 0 Å². The third-order valence-corrected chi connectivity index (χ3v) is 6.32. The zero-order valence-electron chi connectivity index (χ0n) is 12.1. The van der Waals surface area contributed by atoms with Gasteiger partial charge in [0.2, 0.25) is 0 Å². The molecule has 1 nitrogen and oxygen atoms in total. The van der Waals surface area contributed by atoms with E-state index < -0.39 is 0 Å². The van der Waals surface area contributed by atoms with Crippen LogP contribution in [0.3, 0.4) is 0 Å². The number of thiophene rings is 1. The molecular formula is C18H17Cl2OS. The van der Waals surface area contributed by atoms with Crippen LogP contribution in [0, 0.1) is 6.61 Å². The summed E-state index contributed by atoms with van der Waals surface area (Å²) in [5.74, 6) is 0.686. The number of ether oxygens (including phenoxy) is 1. The lowest BCUT2D eigenvalue weighted by molar-refractivity contribution is 0.421. The summed E-state index contributed by atoms with van der Waals surface area (Å²) in [6, 6.07) is 5.74. The minimum absolute atomic E-state index is 0.143. The van der Waals surface area contributed by atoms with Crippen LogP contribution in [0.5, 0.6) is 0 Å². The highest BCUT2D eigenvalue weighted by atomic mass is 35.5. The summed E-state index contributed by atoms with van der Waals surface area (Å²) in [6.07, 6.45) is 6.80. The van der Waals surface area contributed by atoms with Gasteiger partial charge in [-0.05, 0) is 36.3 Å². The van der Waals surface area contributed by atoms with Gasteiger partial charge in [0.15, 0.2) is 0 Å². The van der Waals surface area contributed by atoms with Gasteiger partial charge in [0.05, 0.1) is 0 Å². The Balaban J connectivity index is 1.78.